The highest BCUT2D eigenvalue weighted by Gasteiger charge is 2.35. The fourth-order valence-electron chi connectivity index (χ4n) is 2.26. The molecule has 0 radical (unpaired) electrons. The lowest BCUT2D eigenvalue weighted by atomic mass is 9.82. The van der Waals surface area contributed by atoms with E-state index >= 15 is 0 Å². The van der Waals surface area contributed by atoms with Gasteiger partial charge < -0.3 is 15.7 Å². The number of hydrogen-bond donors (Lipinski definition) is 3. The zero-order chi connectivity index (χ0) is 18.3. The van der Waals surface area contributed by atoms with Gasteiger partial charge in [-0.3, -0.25) is 14.4 Å². The van der Waals surface area contributed by atoms with Crippen molar-refractivity contribution in [2.45, 2.75) is 18.8 Å². The van der Waals surface area contributed by atoms with E-state index in [0.717, 1.165) is 0 Å². The van der Waals surface area contributed by atoms with Crippen molar-refractivity contribution in [2.24, 2.45) is 0 Å². The molecule has 25 heavy (non-hydrogen) atoms. The number of carboxylic acid groups (broad SMARTS) is 1. The normalized spacial score (nSPS) is 12.8. The first-order valence-corrected chi connectivity index (χ1v) is 8.74. The molecule has 0 aliphatic rings. The molecule has 0 saturated carbocycles. The van der Waals surface area contributed by atoms with Crippen LogP contribution in [-0.4, -0.2) is 36.0 Å². The third-order valence-corrected chi connectivity index (χ3v) is 4.63. The maximum atomic E-state index is 12.0. The number of aliphatic carboxylic acids is 1. The third kappa shape index (κ3) is 4.90. The highest BCUT2D eigenvalue weighted by atomic mass is 32.1. The van der Waals surface area contributed by atoms with Crippen molar-refractivity contribution >= 4 is 29.1 Å². The van der Waals surface area contributed by atoms with Crippen LogP contribution < -0.4 is 10.6 Å². The van der Waals surface area contributed by atoms with Gasteiger partial charge in [0.25, 0.3) is 5.91 Å². The molecule has 2 rings (SSSR count). The highest BCUT2D eigenvalue weighted by Crippen LogP contribution is 2.23. The standard InChI is InChI=1S/C18H20N2O4S/c1-18(17(23)24,14-5-3-2-4-6-14)12-20-15(21)7-9-19-16(22)13-8-10-25-11-13/h2-6,8,10-11H,7,9,12H2,1H3,(H,19,22)(H,20,21)(H,23,24). The molecule has 3 N–H and O–H groups in total. The van der Waals surface area contributed by atoms with E-state index in [4.69, 9.17) is 0 Å². The van der Waals surface area contributed by atoms with Crippen LogP contribution >= 0.6 is 11.3 Å². The largest absolute Gasteiger partial charge is 0.481 e. The summed E-state index contributed by atoms with van der Waals surface area (Å²) in [5, 5.41) is 18.4. The Labute approximate surface area is 149 Å². The SMILES string of the molecule is CC(CNC(=O)CCNC(=O)c1ccsc1)(C(=O)O)c1ccccc1. The van der Waals surface area contributed by atoms with E-state index in [1.54, 1.807) is 54.1 Å². The van der Waals surface area contributed by atoms with Crippen molar-refractivity contribution in [1.82, 2.24) is 10.6 Å². The molecule has 0 saturated heterocycles. The van der Waals surface area contributed by atoms with Crippen LogP contribution in [0.25, 0.3) is 0 Å². The molecule has 1 unspecified atom stereocenters. The number of carbonyl (C=O) groups is 3. The van der Waals surface area contributed by atoms with Crippen molar-refractivity contribution in [3.63, 3.8) is 0 Å². The van der Waals surface area contributed by atoms with Gasteiger partial charge in [-0.25, -0.2) is 0 Å². The minimum absolute atomic E-state index is 0.0241. The van der Waals surface area contributed by atoms with Crippen molar-refractivity contribution in [2.75, 3.05) is 13.1 Å². The molecule has 132 valence electrons. The van der Waals surface area contributed by atoms with Crippen LogP contribution in [0, 0.1) is 0 Å². The zero-order valence-electron chi connectivity index (χ0n) is 13.8. The van der Waals surface area contributed by atoms with Gasteiger partial charge in [0.15, 0.2) is 0 Å². The Morgan fingerprint density at radius 1 is 1.12 bits per heavy atom. The number of rotatable bonds is 8. The molecule has 0 aliphatic carbocycles. The monoisotopic (exact) mass is 360 g/mol. The van der Waals surface area contributed by atoms with Crippen LogP contribution in [0.1, 0.15) is 29.3 Å². The number of benzene rings is 1. The van der Waals surface area contributed by atoms with Crippen molar-refractivity contribution in [3.05, 3.63) is 58.3 Å². The average Bonchev–Trinajstić information content (AvgIpc) is 3.15. The summed E-state index contributed by atoms with van der Waals surface area (Å²) in [5.41, 5.74) is -0.0295. The Kier molecular flexibility index (Phi) is 6.30. The predicted octanol–water partition coefficient (Wildman–Crippen LogP) is 2.03. The lowest BCUT2D eigenvalue weighted by Crippen LogP contribution is -2.44. The Bertz CT molecular complexity index is 731. The van der Waals surface area contributed by atoms with Gasteiger partial charge in [0, 0.05) is 30.5 Å². The molecule has 0 bridgehead atoms. The van der Waals surface area contributed by atoms with Crippen LogP contribution in [-0.2, 0) is 15.0 Å². The Morgan fingerprint density at radius 2 is 1.84 bits per heavy atom. The number of carbonyl (C=O) groups excluding carboxylic acids is 2. The molecule has 7 heteroatoms. The quantitative estimate of drug-likeness (QED) is 0.671. The van der Waals surface area contributed by atoms with Gasteiger partial charge >= 0.3 is 5.97 Å². The van der Waals surface area contributed by atoms with Gasteiger partial charge in [0.2, 0.25) is 5.91 Å². The van der Waals surface area contributed by atoms with Gasteiger partial charge in [0.05, 0.1) is 0 Å². The topological polar surface area (TPSA) is 95.5 Å². The van der Waals surface area contributed by atoms with E-state index in [9.17, 15) is 19.5 Å². The fourth-order valence-corrected chi connectivity index (χ4v) is 2.89. The van der Waals surface area contributed by atoms with E-state index in [0.29, 0.717) is 11.1 Å². The Balaban J connectivity index is 1.83. The van der Waals surface area contributed by atoms with Crippen LogP contribution in [0.2, 0.25) is 0 Å². The minimum Gasteiger partial charge on any atom is -0.481 e. The third-order valence-electron chi connectivity index (χ3n) is 3.94. The molecular formula is C18H20N2O4S. The molecule has 0 spiro atoms. The average molecular weight is 360 g/mol. The summed E-state index contributed by atoms with van der Waals surface area (Å²) in [7, 11) is 0. The maximum Gasteiger partial charge on any atom is 0.315 e. The minimum atomic E-state index is -1.21. The van der Waals surface area contributed by atoms with E-state index < -0.39 is 11.4 Å². The Morgan fingerprint density at radius 3 is 2.44 bits per heavy atom. The van der Waals surface area contributed by atoms with E-state index in [1.165, 1.54) is 11.3 Å². The number of nitrogens with one attached hydrogen (secondary N) is 2. The number of hydrogen-bond acceptors (Lipinski definition) is 4. The van der Waals surface area contributed by atoms with Gasteiger partial charge in [-0.15, -0.1) is 0 Å². The van der Waals surface area contributed by atoms with Crippen molar-refractivity contribution in [1.29, 1.82) is 0 Å². The summed E-state index contributed by atoms with van der Waals surface area (Å²) in [4.78, 5) is 35.4. The molecule has 0 aliphatic heterocycles. The molecular weight excluding hydrogens is 340 g/mol. The highest BCUT2D eigenvalue weighted by molar-refractivity contribution is 7.08. The second kappa shape index (κ2) is 8.43. The van der Waals surface area contributed by atoms with E-state index in [-0.39, 0.29) is 31.3 Å². The van der Waals surface area contributed by atoms with Crippen molar-refractivity contribution < 1.29 is 19.5 Å². The van der Waals surface area contributed by atoms with Gasteiger partial charge in [-0.1, -0.05) is 30.3 Å². The second-order valence-corrected chi connectivity index (χ2v) is 6.58. The molecule has 1 aromatic carbocycles. The molecule has 0 fully saturated rings. The zero-order valence-corrected chi connectivity index (χ0v) is 14.6. The van der Waals surface area contributed by atoms with Gasteiger partial charge in [-0.2, -0.15) is 11.3 Å². The second-order valence-electron chi connectivity index (χ2n) is 5.80. The summed E-state index contributed by atoms with van der Waals surface area (Å²) >= 11 is 1.42. The molecule has 1 heterocycles. The van der Waals surface area contributed by atoms with Crippen molar-refractivity contribution in [3.8, 4) is 0 Å². The van der Waals surface area contributed by atoms with Crippen LogP contribution in [0.5, 0.6) is 0 Å². The number of amides is 2. The molecule has 1 aromatic heterocycles. The first-order valence-electron chi connectivity index (χ1n) is 7.79. The molecule has 2 aromatic rings. The fraction of sp³-hybridized carbons (Fsp3) is 0.278. The number of carboxylic acids is 1. The van der Waals surface area contributed by atoms with Crippen LogP contribution in [0.3, 0.4) is 0 Å². The summed E-state index contributed by atoms with van der Waals surface area (Å²) in [6.07, 6.45) is 0.0837. The summed E-state index contributed by atoms with van der Waals surface area (Å²) < 4.78 is 0. The van der Waals surface area contributed by atoms with E-state index in [1.807, 2.05) is 0 Å². The summed E-state index contributed by atoms with van der Waals surface area (Å²) in [5.74, 6) is -1.55. The maximum absolute atomic E-state index is 12.0. The molecule has 1 atom stereocenters. The first kappa shape index (κ1) is 18.7. The smallest absolute Gasteiger partial charge is 0.315 e. The lowest BCUT2D eigenvalue weighted by Gasteiger charge is -2.25. The van der Waals surface area contributed by atoms with Crippen LogP contribution in [0.4, 0.5) is 0 Å². The number of thiophene rings is 1. The summed E-state index contributed by atoms with van der Waals surface area (Å²) in [6, 6.07) is 10.5. The lowest BCUT2D eigenvalue weighted by molar-refractivity contribution is -0.143. The summed E-state index contributed by atoms with van der Waals surface area (Å²) in [6.45, 7) is 1.74. The van der Waals surface area contributed by atoms with Gasteiger partial charge in [0.1, 0.15) is 5.41 Å². The Hall–Kier alpha value is -2.67. The van der Waals surface area contributed by atoms with Gasteiger partial charge in [-0.05, 0) is 23.9 Å². The first-order chi connectivity index (χ1) is 11.9. The molecule has 2 amide bonds. The molecule has 6 nitrogen and oxygen atoms in total. The van der Waals surface area contributed by atoms with Crippen LogP contribution in [0.15, 0.2) is 47.2 Å². The van der Waals surface area contributed by atoms with E-state index in [2.05, 4.69) is 10.6 Å². The predicted molar refractivity (Wildman–Crippen MR) is 95.7 cm³/mol.